The van der Waals surface area contributed by atoms with Crippen LogP contribution in [0.3, 0.4) is 0 Å². The molecule has 0 amide bonds. The minimum atomic E-state index is -0.241. The molecule has 3 aromatic carbocycles. The maximum atomic E-state index is 11.5. The van der Waals surface area contributed by atoms with Gasteiger partial charge in [0, 0.05) is 72.7 Å². The maximum Gasteiger partial charge on any atom is 0.269 e. The Hall–Kier alpha value is -7.79. The van der Waals surface area contributed by atoms with E-state index in [2.05, 4.69) is 169 Å². The number of hydrogen-bond acceptors (Lipinski definition) is 8. The third-order valence-corrected chi connectivity index (χ3v) is 26.1. The molecule has 10 nitrogen and oxygen atoms in total. The molecule has 3 aromatic rings. The van der Waals surface area contributed by atoms with Crippen molar-refractivity contribution >= 4 is 29.4 Å². The maximum absolute atomic E-state index is 11.5. The Morgan fingerprint density at radius 1 is 0.524 bits per heavy atom. The largest absolute Gasteiger partial charge is 0.466 e. The molecular formula is C93H123N7O3. The lowest BCUT2D eigenvalue weighted by molar-refractivity contribution is 0.112. The normalized spacial score (nSPS) is 27.8. The first-order valence-electron chi connectivity index (χ1n) is 39.0. The molecule has 6 unspecified atom stereocenters. The number of anilines is 3. The quantitative estimate of drug-likeness (QED) is 0.111. The highest BCUT2D eigenvalue weighted by Gasteiger charge is 2.51. The van der Waals surface area contributed by atoms with Crippen LogP contribution in [0.15, 0.2) is 130 Å². The van der Waals surface area contributed by atoms with E-state index < -0.39 is 0 Å². The first-order valence-corrected chi connectivity index (χ1v) is 39.0. The number of rotatable bonds is 3. The van der Waals surface area contributed by atoms with E-state index in [9.17, 15) is 10.1 Å². The highest BCUT2D eigenvalue weighted by molar-refractivity contribution is 5.81. The van der Waals surface area contributed by atoms with Gasteiger partial charge < -0.3 is 24.2 Å². The van der Waals surface area contributed by atoms with E-state index in [0.717, 1.165) is 47.7 Å². The van der Waals surface area contributed by atoms with Crippen molar-refractivity contribution in [3.05, 3.63) is 197 Å². The number of carbonyl (C=O) groups excluding carboxylic acids is 1. The Balaban J connectivity index is 0.000000149. The summed E-state index contributed by atoms with van der Waals surface area (Å²) in [5, 5.41) is 18.3. The zero-order valence-corrected chi connectivity index (χ0v) is 65.4. The van der Waals surface area contributed by atoms with Gasteiger partial charge in [-0.1, -0.05) is 186 Å². The van der Waals surface area contributed by atoms with Gasteiger partial charge in [-0.25, -0.2) is 20.2 Å². The average Bonchev–Trinajstić information content (AvgIpc) is 0.731. The lowest BCUT2D eigenvalue weighted by atomic mass is 9.59. The van der Waals surface area contributed by atoms with Gasteiger partial charge in [-0.05, 0) is 252 Å². The van der Waals surface area contributed by atoms with Gasteiger partial charge in [-0.2, -0.15) is 0 Å². The van der Waals surface area contributed by atoms with Crippen LogP contribution < -0.4 is 14.7 Å². The fourth-order valence-electron chi connectivity index (χ4n) is 19.2. The average molecular weight is 1390 g/mol. The monoisotopic (exact) mass is 1390 g/mol. The molecule has 548 valence electrons. The topological polar surface area (TPSA) is 102 Å². The van der Waals surface area contributed by atoms with Crippen LogP contribution in [0.4, 0.5) is 17.1 Å². The van der Waals surface area contributed by atoms with Gasteiger partial charge in [0.2, 0.25) is 0 Å². The fraction of sp³-hybridized carbons (Fsp3) is 0.581. The lowest BCUT2D eigenvalue weighted by Gasteiger charge is -2.54. The molecule has 0 N–H and O–H groups in total. The Bertz CT molecular complexity index is 4160. The van der Waals surface area contributed by atoms with Gasteiger partial charge in [0.15, 0.2) is 0 Å². The van der Waals surface area contributed by atoms with Crippen LogP contribution in [0, 0.1) is 64.4 Å². The van der Waals surface area contributed by atoms with Crippen molar-refractivity contribution in [2.75, 3.05) is 54.0 Å². The van der Waals surface area contributed by atoms with E-state index in [1.165, 1.54) is 194 Å². The van der Waals surface area contributed by atoms with Crippen molar-refractivity contribution in [2.45, 2.75) is 280 Å². The second-order valence-corrected chi connectivity index (χ2v) is 36.8. The molecule has 3 saturated carbocycles. The number of aldehydes is 1. The highest BCUT2D eigenvalue weighted by atomic mass is 16.5. The SMILES string of the molecule is C.CC1(C)CCN2CC3CCCCC3(C)c3cc(C=O)cc1c32.CC1(C)CCN2CC3CCCCC3(C)c3cccc1c32.CC1=CCCCC1.[C-]#[N+]/C(C#N)=C1C=C(/C=C/c2cc3c4c(c2)C2(C)CCCCC2CN4CCC3(C)C)OC(C(C)(C)C)=C\1.[C-]#[N+]/C(C#N)=C1\C=C(C)OC(C(C)(C)C)=C1. The van der Waals surface area contributed by atoms with Crippen molar-refractivity contribution < 1.29 is 14.3 Å². The predicted octanol–water partition coefficient (Wildman–Crippen LogP) is 24.0. The van der Waals surface area contributed by atoms with E-state index in [4.69, 9.17) is 27.9 Å². The van der Waals surface area contributed by atoms with E-state index >= 15 is 0 Å². The van der Waals surface area contributed by atoms with Crippen molar-refractivity contribution in [3.63, 3.8) is 0 Å². The molecule has 12 aliphatic rings. The molecule has 0 bridgehead atoms. The first-order chi connectivity index (χ1) is 48.2. The van der Waals surface area contributed by atoms with Crippen LogP contribution in [0.1, 0.15) is 296 Å². The molecule has 8 aliphatic heterocycles. The number of para-hydroxylation sites is 1. The molecule has 0 saturated heterocycles. The summed E-state index contributed by atoms with van der Waals surface area (Å²) in [6.45, 7) is 59.8. The number of nitriles is 2. The van der Waals surface area contributed by atoms with E-state index in [1.807, 2.05) is 58.1 Å². The minimum Gasteiger partial charge on any atom is -0.466 e. The lowest BCUT2D eigenvalue weighted by Crippen LogP contribution is -2.51. The molecule has 0 radical (unpaired) electrons. The number of benzene rings is 3. The Labute approximate surface area is 622 Å². The van der Waals surface area contributed by atoms with Crippen molar-refractivity contribution in [1.82, 2.24) is 0 Å². The Morgan fingerprint density at radius 2 is 0.942 bits per heavy atom. The predicted molar refractivity (Wildman–Crippen MR) is 428 cm³/mol. The third-order valence-electron chi connectivity index (χ3n) is 26.1. The third kappa shape index (κ3) is 15.8. The second kappa shape index (κ2) is 30.4. The van der Waals surface area contributed by atoms with Gasteiger partial charge >= 0.3 is 0 Å². The molecule has 6 atom stereocenters. The number of carbonyl (C=O) groups is 1. The van der Waals surface area contributed by atoms with Crippen LogP contribution in [0.2, 0.25) is 0 Å². The number of fused-ring (bicyclic) bond motifs is 6. The summed E-state index contributed by atoms with van der Waals surface area (Å²) in [7, 11) is 0. The molecule has 103 heavy (non-hydrogen) atoms. The van der Waals surface area contributed by atoms with E-state index in [-0.39, 0.29) is 51.3 Å². The molecule has 10 heteroatoms. The van der Waals surface area contributed by atoms with Gasteiger partial charge in [0.25, 0.3) is 11.4 Å². The van der Waals surface area contributed by atoms with E-state index in [0.29, 0.717) is 33.5 Å². The zero-order chi connectivity index (χ0) is 73.5. The molecular weight excluding hydrogens is 1260 g/mol. The first kappa shape index (κ1) is 77.8. The number of ether oxygens (including phenoxy) is 2. The van der Waals surface area contributed by atoms with Crippen LogP contribution >= 0.6 is 0 Å². The van der Waals surface area contributed by atoms with Gasteiger partial charge in [-0.3, -0.25) is 4.79 Å². The molecule has 8 heterocycles. The van der Waals surface area contributed by atoms with Gasteiger partial charge in [0.05, 0.1) is 31.0 Å². The van der Waals surface area contributed by atoms with Crippen LogP contribution in [0.25, 0.3) is 15.8 Å². The summed E-state index contributed by atoms with van der Waals surface area (Å²) in [6.07, 6.45) is 40.1. The Morgan fingerprint density at radius 3 is 1.37 bits per heavy atom. The number of hydrogen-bond donors (Lipinski definition) is 0. The zero-order valence-electron chi connectivity index (χ0n) is 65.4. The summed E-state index contributed by atoms with van der Waals surface area (Å²) < 4.78 is 11.9. The van der Waals surface area contributed by atoms with Crippen LogP contribution in [-0.2, 0) is 42.0 Å². The second-order valence-electron chi connectivity index (χ2n) is 36.8. The smallest absolute Gasteiger partial charge is 0.269 e. The summed E-state index contributed by atoms with van der Waals surface area (Å²) in [4.78, 5) is 26.2. The summed E-state index contributed by atoms with van der Waals surface area (Å²) in [5.74, 6) is 5.25. The highest BCUT2D eigenvalue weighted by Crippen LogP contribution is 2.59. The van der Waals surface area contributed by atoms with Crippen molar-refractivity contribution in [3.8, 4) is 12.1 Å². The fourth-order valence-corrected chi connectivity index (χ4v) is 19.2. The van der Waals surface area contributed by atoms with Gasteiger partial charge in [-0.15, -0.1) is 0 Å². The number of nitrogens with zero attached hydrogens (tertiary/aromatic N) is 7. The molecule has 0 spiro atoms. The molecule has 15 rings (SSSR count). The Kier molecular flexibility index (Phi) is 22.9. The van der Waals surface area contributed by atoms with Crippen molar-refractivity contribution in [1.29, 1.82) is 10.5 Å². The molecule has 0 aromatic heterocycles. The summed E-state index contributed by atoms with van der Waals surface area (Å²) >= 11 is 0. The number of allylic oxidation sites excluding steroid dienone is 14. The molecule has 4 aliphatic carbocycles. The molecule has 3 fully saturated rings. The van der Waals surface area contributed by atoms with Crippen LogP contribution in [0.5, 0.6) is 0 Å². The van der Waals surface area contributed by atoms with Crippen molar-refractivity contribution in [2.24, 2.45) is 28.6 Å². The standard InChI is InChI=1S/C33H39N3O.C20H27NO.C19H27N.C13H14N2O.C7H12.CH4/c1-31(2,3)29-19-23(28(20-34)35-7)18-25(37-29)12-11-22-16-26-30-27(17-22)33(6)13-9-8-10-24(33)21-36(30)15-14-32(26,4)5;1-19(2)8-9-21-12-15-6-4-5-7-20(15,3)17-11-14(13-22)10-16(19)18(17)21;1-18(2)11-12-20-13-14-7-4-5-10-19(14,3)16-9-6-8-15(18)17(16)20;1-9-6-10(11(8-14)15-5)7-12(16-9)13(2,3)4;1-7-5-3-2-4-6-7;/h11-12,16-19,24H,8-10,13-15,21H2,1-6H3;10-11,13,15H,4-9,12H2,1-3H3;6,8-9,14H,4-5,7,10-13H2,1-3H3;6-7H,1-4H3;5H,2-4,6H2,1H3;1H4/b12-11+,28-23+;;;11-10+;;. The van der Waals surface area contributed by atoms with E-state index in [1.54, 1.807) is 34.5 Å². The van der Waals surface area contributed by atoms with Crippen LogP contribution in [-0.4, -0.2) is 45.6 Å². The van der Waals surface area contributed by atoms with Gasteiger partial charge in [0.1, 0.15) is 23.6 Å². The summed E-state index contributed by atoms with van der Waals surface area (Å²) in [6, 6.07) is 20.3. The minimum absolute atomic E-state index is 0. The summed E-state index contributed by atoms with van der Waals surface area (Å²) in [5.41, 5.74) is 20.0.